The minimum atomic E-state index is -0.425. The summed E-state index contributed by atoms with van der Waals surface area (Å²) in [6.45, 7) is 6.24. The fourth-order valence-electron chi connectivity index (χ4n) is 3.65. The Balaban J connectivity index is 1.56. The van der Waals surface area contributed by atoms with E-state index in [1.165, 1.54) is 0 Å². The molecule has 1 aromatic heterocycles. The molecule has 6 heteroatoms. The monoisotopic (exact) mass is 428 g/mol. The lowest BCUT2D eigenvalue weighted by Gasteiger charge is -2.14. The normalized spacial score (nSPS) is 11.2. The number of amides is 1. The standard InChI is InChI=1S/C26H24N2O4/c1-4-8-19-13-17(14-23(30-3)25(19)31-5-2)16-27-28-26(29)24-15-21-20-10-7-6-9-18(20)11-12-22(21)32-24/h4,6-7,9-16H,1,5,8H2,2-3H3,(H,28,29)/b27-16+. The average Bonchev–Trinajstić information content (AvgIpc) is 3.26. The van der Waals surface area contributed by atoms with Crippen LogP contribution in [0, 0.1) is 0 Å². The van der Waals surface area contributed by atoms with E-state index in [0.29, 0.717) is 30.1 Å². The molecule has 4 rings (SSSR count). The molecule has 3 aromatic carbocycles. The highest BCUT2D eigenvalue weighted by Gasteiger charge is 2.14. The van der Waals surface area contributed by atoms with Gasteiger partial charge in [0.15, 0.2) is 17.3 Å². The topological polar surface area (TPSA) is 73.1 Å². The summed E-state index contributed by atoms with van der Waals surface area (Å²) in [6.07, 6.45) is 3.97. The molecule has 0 atom stereocenters. The second kappa shape index (κ2) is 9.39. The molecule has 4 aromatic rings. The molecule has 1 heterocycles. The Hall–Kier alpha value is -4.06. The van der Waals surface area contributed by atoms with Gasteiger partial charge in [-0.05, 0) is 53.9 Å². The van der Waals surface area contributed by atoms with Crippen LogP contribution in [0.1, 0.15) is 28.6 Å². The minimum absolute atomic E-state index is 0.199. The highest BCUT2D eigenvalue weighted by Crippen LogP contribution is 2.33. The molecule has 0 aliphatic heterocycles. The molecule has 1 amide bonds. The summed E-state index contributed by atoms with van der Waals surface area (Å²) in [5.74, 6) is 1.06. The molecule has 0 unspecified atom stereocenters. The number of ether oxygens (including phenoxy) is 2. The minimum Gasteiger partial charge on any atom is -0.493 e. The smallest absolute Gasteiger partial charge is 0.307 e. The van der Waals surface area contributed by atoms with Gasteiger partial charge in [0.25, 0.3) is 0 Å². The number of nitrogens with one attached hydrogen (secondary N) is 1. The van der Waals surface area contributed by atoms with Gasteiger partial charge in [0.1, 0.15) is 5.58 Å². The van der Waals surface area contributed by atoms with Crippen molar-refractivity contribution in [3.05, 3.63) is 84.1 Å². The summed E-state index contributed by atoms with van der Waals surface area (Å²) in [7, 11) is 1.59. The van der Waals surface area contributed by atoms with Crippen molar-refractivity contribution in [2.45, 2.75) is 13.3 Å². The predicted octanol–water partition coefficient (Wildman–Crippen LogP) is 5.49. The van der Waals surface area contributed by atoms with Crippen LogP contribution < -0.4 is 14.9 Å². The third-order valence-electron chi connectivity index (χ3n) is 5.06. The zero-order valence-corrected chi connectivity index (χ0v) is 18.1. The molecule has 1 N–H and O–H groups in total. The van der Waals surface area contributed by atoms with Crippen molar-refractivity contribution in [1.29, 1.82) is 0 Å². The number of nitrogens with zero attached hydrogens (tertiary/aromatic N) is 1. The number of benzene rings is 3. The van der Waals surface area contributed by atoms with Crippen molar-refractivity contribution >= 4 is 33.9 Å². The van der Waals surface area contributed by atoms with E-state index >= 15 is 0 Å². The molecule has 0 saturated heterocycles. The number of hydrogen-bond acceptors (Lipinski definition) is 5. The summed E-state index contributed by atoms with van der Waals surface area (Å²) in [4.78, 5) is 12.6. The molecule has 0 spiro atoms. The summed E-state index contributed by atoms with van der Waals surface area (Å²) in [6, 6.07) is 17.3. The van der Waals surface area contributed by atoms with Crippen LogP contribution in [0.2, 0.25) is 0 Å². The van der Waals surface area contributed by atoms with E-state index in [-0.39, 0.29) is 5.76 Å². The molecule has 0 aliphatic carbocycles. The molecular weight excluding hydrogens is 404 g/mol. The quantitative estimate of drug-likeness (QED) is 0.229. The van der Waals surface area contributed by atoms with Crippen LogP contribution in [-0.4, -0.2) is 25.8 Å². The second-order valence-corrected chi connectivity index (χ2v) is 7.15. The fraction of sp³-hybridized carbons (Fsp3) is 0.154. The molecule has 0 radical (unpaired) electrons. The van der Waals surface area contributed by atoms with Crippen LogP contribution >= 0.6 is 0 Å². The maximum atomic E-state index is 12.6. The van der Waals surface area contributed by atoms with E-state index in [1.807, 2.05) is 49.4 Å². The van der Waals surface area contributed by atoms with Gasteiger partial charge in [-0.25, -0.2) is 5.43 Å². The molecule has 0 fully saturated rings. The Morgan fingerprint density at radius 3 is 2.78 bits per heavy atom. The van der Waals surface area contributed by atoms with Gasteiger partial charge < -0.3 is 13.9 Å². The van der Waals surface area contributed by atoms with Gasteiger partial charge in [0.05, 0.1) is 19.9 Å². The number of rotatable bonds is 8. The third kappa shape index (κ3) is 4.21. The third-order valence-corrected chi connectivity index (χ3v) is 5.06. The van der Waals surface area contributed by atoms with Crippen molar-refractivity contribution in [3.63, 3.8) is 0 Å². The van der Waals surface area contributed by atoms with Crippen molar-refractivity contribution in [1.82, 2.24) is 5.43 Å². The summed E-state index contributed by atoms with van der Waals surface area (Å²) >= 11 is 0. The van der Waals surface area contributed by atoms with E-state index in [2.05, 4.69) is 17.1 Å². The van der Waals surface area contributed by atoms with Gasteiger partial charge in [0, 0.05) is 10.9 Å². The van der Waals surface area contributed by atoms with Gasteiger partial charge in [-0.15, -0.1) is 6.58 Å². The van der Waals surface area contributed by atoms with Crippen molar-refractivity contribution < 1.29 is 18.7 Å². The van der Waals surface area contributed by atoms with Gasteiger partial charge >= 0.3 is 5.91 Å². The van der Waals surface area contributed by atoms with Gasteiger partial charge in [0.2, 0.25) is 0 Å². The molecule has 162 valence electrons. The van der Waals surface area contributed by atoms with Crippen LogP contribution in [0.4, 0.5) is 0 Å². The van der Waals surface area contributed by atoms with Crippen molar-refractivity contribution in [3.8, 4) is 11.5 Å². The van der Waals surface area contributed by atoms with E-state index in [1.54, 1.807) is 31.5 Å². The highest BCUT2D eigenvalue weighted by atomic mass is 16.5. The van der Waals surface area contributed by atoms with Crippen molar-refractivity contribution in [2.24, 2.45) is 5.10 Å². The molecule has 0 saturated carbocycles. The lowest BCUT2D eigenvalue weighted by Crippen LogP contribution is -2.16. The Bertz CT molecular complexity index is 1320. The average molecular weight is 428 g/mol. The predicted molar refractivity (Wildman–Crippen MR) is 127 cm³/mol. The molecule has 6 nitrogen and oxygen atoms in total. The summed E-state index contributed by atoms with van der Waals surface area (Å²) in [5, 5.41) is 7.11. The first-order valence-corrected chi connectivity index (χ1v) is 10.3. The van der Waals surface area contributed by atoms with Crippen LogP contribution in [0.3, 0.4) is 0 Å². The number of hydrazone groups is 1. The number of carbonyl (C=O) groups is 1. The van der Waals surface area contributed by atoms with Gasteiger partial charge in [-0.2, -0.15) is 5.10 Å². The molecule has 32 heavy (non-hydrogen) atoms. The van der Waals surface area contributed by atoms with E-state index in [4.69, 9.17) is 13.9 Å². The number of methoxy groups -OCH3 is 1. The fourth-order valence-corrected chi connectivity index (χ4v) is 3.65. The first-order chi connectivity index (χ1) is 15.6. The van der Waals surface area contributed by atoms with Crippen LogP contribution in [-0.2, 0) is 6.42 Å². The van der Waals surface area contributed by atoms with Crippen LogP contribution in [0.5, 0.6) is 11.5 Å². The zero-order chi connectivity index (χ0) is 22.5. The lowest BCUT2D eigenvalue weighted by atomic mass is 10.1. The first kappa shape index (κ1) is 21.2. The maximum Gasteiger partial charge on any atom is 0.307 e. The largest absolute Gasteiger partial charge is 0.493 e. The van der Waals surface area contributed by atoms with Crippen LogP contribution in [0.15, 0.2) is 76.8 Å². The molecular formula is C26H24N2O4. The van der Waals surface area contributed by atoms with Gasteiger partial charge in [-0.1, -0.05) is 36.4 Å². The highest BCUT2D eigenvalue weighted by molar-refractivity contribution is 6.08. The van der Waals surface area contributed by atoms with E-state index in [9.17, 15) is 4.79 Å². The maximum absolute atomic E-state index is 12.6. The SMILES string of the molecule is C=CCc1cc(/C=N/NC(=O)c2cc3c(ccc4ccccc43)o2)cc(OC)c1OCC. The Labute approximate surface area is 186 Å². The number of carbonyl (C=O) groups excluding carboxylic acids is 1. The van der Waals surface area contributed by atoms with Crippen molar-refractivity contribution in [2.75, 3.05) is 13.7 Å². The number of fused-ring (bicyclic) bond motifs is 3. The Kier molecular flexibility index (Phi) is 6.22. The Morgan fingerprint density at radius 1 is 1.16 bits per heavy atom. The number of furan rings is 1. The molecule has 0 aliphatic rings. The van der Waals surface area contributed by atoms with Crippen LogP contribution in [0.25, 0.3) is 21.7 Å². The van der Waals surface area contributed by atoms with E-state index < -0.39 is 5.91 Å². The molecule has 0 bridgehead atoms. The van der Waals surface area contributed by atoms with E-state index in [0.717, 1.165) is 27.3 Å². The first-order valence-electron chi connectivity index (χ1n) is 10.3. The zero-order valence-electron chi connectivity index (χ0n) is 18.1. The lowest BCUT2D eigenvalue weighted by molar-refractivity contribution is 0.0929. The summed E-state index contributed by atoms with van der Waals surface area (Å²) < 4.78 is 16.9. The second-order valence-electron chi connectivity index (χ2n) is 7.15. The Morgan fingerprint density at radius 2 is 2.00 bits per heavy atom. The number of hydrogen-bond donors (Lipinski definition) is 1. The van der Waals surface area contributed by atoms with Gasteiger partial charge in [-0.3, -0.25) is 4.79 Å². The summed E-state index contributed by atoms with van der Waals surface area (Å²) in [5.41, 5.74) is 4.88. The number of allylic oxidation sites excluding steroid dienone is 1.